The van der Waals surface area contributed by atoms with Crippen LogP contribution in [0.5, 0.6) is 0 Å². The van der Waals surface area contributed by atoms with Crippen LogP contribution in [0.1, 0.15) is 39.0 Å². The Hall–Kier alpha value is -1.93. The molecule has 3 N–H and O–H groups in total. The fourth-order valence-corrected chi connectivity index (χ4v) is 2.41. The molecule has 1 aliphatic rings. The fourth-order valence-electron chi connectivity index (χ4n) is 2.41. The number of nitrogens with zero attached hydrogens (tertiary/aromatic N) is 1. The number of hydrogen-bond acceptors (Lipinski definition) is 5. The van der Waals surface area contributed by atoms with E-state index in [0.717, 1.165) is 0 Å². The topological polar surface area (TPSA) is 113 Å². The highest BCUT2D eigenvalue weighted by Gasteiger charge is 2.38. The molecule has 0 unspecified atom stereocenters. The van der Waals surface area contributed by atoms with Crippen molar-refractivity contribution in [3.63, 3.8) is 0 Å². The van der Waals surface area contributed by atoms with Crippen LogP contribution in [0.2, 0.25) is 0 Å². The molecular formula is C15H23N3O5. The Morgan fingerprint density at radius 1 is 1.48 bits per heavy atom. The zero-order valence-electron chi connectivity index (χ0n) is 13.8. The van der Waals surface area contributed by atoms with Crippen LogP contribution in [-0.2, 0) is 9.53 Å². The van der Waals surface area contributed by atoms with Crippen molar-refractivity contribution >= 4 is 5.91 Å². The molecule has 0 aliphatic carbocycles. The van der Waals surface area contributed by atoms with Crippen molar-refractivity contribution in [2.45, 2.75) is 52.5 Å². The van der Waals surface area contributed by atoms with Gasteiger partial charge in [0.2, 0.25) is 5.91 Å². The number of aromatic amines is 1. The number of carbonyl (C=O) groups excluding carboxylic acids is 1. The van der Waals surface area contributed by atoms with E-state index >= 15 is 0 Å². The van der Waals surface area contributed by atoms with Gasteiger partial charge in [0, 0.05) is 23.6 Å². The molecule has 0 saturated carbocycles. The molecule has 1 aliphatic heterocycles. The van der Waals surface area contributed by atoms with Gasteiger partial charge in [0.1, 0.15) is 12.3 Å². The van der Waals surface area contributed by atoms with Crippen LogP contribution in [0.15, 0.2) is 15.8 Å². The summed E-state index contributed by atoms with van der Waals surface area (Å²) in [5.74, 6) is -0.157. The first-order chi connectivity index (χ1) is 10.6. The highest BCUT2D eigenvalue weighted by molar-refractivity contribution is 5.81. The molecule has 1 aromatic heterocycles. The molecule has 8 nitrogen and oxygen atoms in total. The normalized spacial score (nSPS) is 24.7. The van der Waals surface area contributed by atoms with Crippen LogP contribution in [0, 0.1) is 12.3 Å². The van der Waals surface area contributed by atoms with Crippen molar-refractivity contribution in [1.82, 2.24) is 14.9 Å². The van der Waals surface area contributed by atoms with Crippen molar-refractivity contribution in [1.29, 1.82) is 0 Å². The summed E-state index contributed by atoms with van der Waals surface area (Å²) < 4.78 is 6.96. The molecule has 3 atom stereocenters. The molecule has 0 radical (unpaired) electrons. The molecule has 8 heteroatoms. The van der Waals surface area contributed by atoms with Crippen LogP contribution in [0.4, 0.5) is 0 Å². The van der Waals surface area contributed by atoms with E-state index in [1.54, 1.807) is 27.7 Å². The van der Waals surface area contributed by atoms with E-state index in [4.69, 9.17) is 4.74 Å². The maximum absolute atomic E-state index is 12.1. The lowest BCUT2D eigenvalue weighted by molar-refractivity contribution is -0.129. The third-order valence-corrected chi connectivity index (χ3v) is 3.87. The molecule has 1 saturated heterocycles. The van der Waals surface area contributed by atoms with Crippen LogP contribution in [0.3, 0.4) is 0 Å². The average molecular weight is 325 g/mol. The maximum Gasteiger partial charge on any atom is 0.330 e. The molecule has 0 bridgehead atoms. The highest BCUT2D eigenvalue weighted by atomic mass is 16.5. The quantitative estimate of drug-likeness (QED) is 0.703. The first-order valence-corrected chi connectivity index (χ1v) is 7.53. The van der Waals surface area contributed by atoms with Crippen LogP contribution < -0.4 is 16.6 Å². The summed E-state index contributed by atoms with van der Waals surface area (Å²) in [6, 6.07) is -0.407. The van der Waals surface area contributed by atoms with E-state index in [-0.39, 0.29) is 12.5 Å². The SMILES string of the molecule is Cc1cn([C@H]2C[C@H](NC(=O)C(C)(C)C)[C@@H](CO)O2)c(=O)[nH]c1=O. The molecule has 2 rings (SSSR count). The zero-order chi connectivity index (χ0) is 17.4. The van der Waals surface area contributed by atoms with Gasteiger partial charge in [-0.1, -0.05) is 20.8 Å². The second-order valence-corrected chi connectivity index (χ2v) is 6.86. The van der Waals surface area contributed by atoms with Crippen molar-refractivity contribution in [2.24, 2.45) is 5.41 Å². The summed E-state index contributed by atoms with van der Waals surface area (Å²) >= 11 is 0. The number of amides is 1. The Labute approximate surface area is 133 Å². The first-order valence-electron chi connectivity index (χ1n) is 7.53. The number of H-pyrrole nitrogens is 1. The minimum atomic E-state index is -0.652. The number of hydrogen-bond donors (Lipinski definition) is 3. The molecule has 128 valence electrons. The largest absolute Gasteiger partial charge is 0.394 e. The molecule has 0 spiro atoms. The van der Waals surface area contributed by atoms with Gasteiger partial charge in [0.05, 0.1) is 12.6 Å². The number of aryl methyl sites for hydroxylation is 1. The van der Waals surface area contributed by atoms with Gasteiger partial charge in [0.15, 0.2) is 0 Å². The Morgan fingerprint density at radius 3 is 2.70 bits per heavy atom. The van der Waals surface area contributed by atoms with Crippen molar-refractivity contribution in [3.8, 4) is 0 Å². The zero-order valence-corrected chi connectivity index (χ0v) is 13.8. The maximum atomic E-state index is 12.1. The molecule has 1 amide bonds. The Balaban J connectivity index is 2.22. The van der Waals surface area contributed by atoms with Crippen molar-refractivity contribution in [2.75, 3.05) is 6.61 Å². The van der Waals surface area contributed by atoms with Gasteiger partial charge in [-0.3, -0.25) is 19.1 Å². The van der Waals surface area contributed by atoms with Gasteiger partial charge in [0.25, 0.3) is 5.56 Å². The molecule has 1 aromatic rings. The second-order valence-electron chi connectivity index (χ2n) is 6.86. The Morgan fingerprint density at radius 2 is 2.13 bits per heavy atom. The van der Waals surface area contributed by atoms with Gasteiger partial charge in [-0.25, -0.2) is 4.79 Å². The Bertz CT molecular complexity index is 700. The lowest BCUT2D eigenvalue weighted by Crippen LogP contribution is -2.46. The van der Waals surface area contributed by atoms with Gasteiger partial charge < -0.3 is 15.2 Å². The van der Waals surface area contributed by atoms with Gasteiger partial charge >= 0.3 is 5.69 Å². The third kappa shape index (κ3) is 3.70. The minimum absolute atomic E-state index is 0.157. The van der Waals surface area contributed by atoms with Crippen LogP contribution in [0.25, 0.3) is 0 Å². The van der Waals surface area contributed by atoms with E-state index in [0.29, 0.717) is 12.0 Å². The predicted octanol–water partition coefficient (Wildman–Crippen LogP) is -0.344. The fraction of sp³-hybridized carbons (Fsp3) is 0.667. The first kappa shape index (κ1) is 17.4. The second kappa shape index (κ2) is 6.29. The van der Waals surface area contributed by atoms with E-state index in [9.17, 15) is 19.5 Å². The summed E-state index contributed by atoms with van der Waals surface area (Å²) in [5.41, 5.74) is -1.20. The minimum Gasteiger partial charge on any atom is -0.394 e. The van der Waals surface area contributed by atoms with Gasteiger partial charge in [-0.2, -0.15) is 0 Å². The van der Waals surface area contributed by atoms with Crippen molar-refractivity contribution < 1.29 is 14.6 Å². The van der Waals surface area contributed by atoms with Crippen LogP contribution in [-0.4, -0.2) is 39.3 Å². The monoisotopic (exact) mass is 325 g/mol. The smallest absolute Gasteiger partial charge is 0.330 e. The van der Waals surface area contributed by atoms with E-state index in [1.165, 1.54) is 10.8 Å². The third-order valence-electron chi connectivity index (χ3n) is 3.87. The number of aliphatic hydroxyl groups excluding tert-OH is 1. The summed E-state index contributed by atoms with van der Waals surface area (Å²) in [5, 5.41) is 12.3. The number of aliphatic hydroxyl groups is 1. The molecular weight excluding hydrogens is 302 g/mol. The lowest BCUT2D eigenvalue weighted by Gasteiger charge is -2.23. The Kier molecular flexibility index (Phi) is 4.76. The summed E-state index contributed by atoms with van der Waals surface area (Å²) in [6.07, 6.45) is 0.498. The number of nitrogens with one attached hydrogen (secondary N) is 2. The highest BCUT2D eigenvalue weighted by Crippen LogP contribution is 2.28. The predicted molar refractivity (Wildman–Crippen MR) is 83.1 cm³/mol. The average Bonchev–Trinajstić information content (AvgIpc) is 2.84. The molecule has 23 heavy (non-hydrogen) atoms. The standard InChI is InChI=1S/C15H23N3O5/c1-8-6-18(14(22)17-12(8)20)11-5-9(10(7-19)23-11)16-13(21)15(2,3)4/h6,9-11,19H,5,7H2,1-4H3,(H,16,21)(H,17,20,22)/t9-,10+,11+/m0/s1. The summed E-state index contributed by atoms with van der Waals surface area (Å²) in [6.45, 7) is 6.69. The molecule has 0 aromatic carbocycles. The number of aromatic nitrogens is 2. The van der Waals surface area contributed by atoms with Gasteiger partial charge in [-0.15, -0.1) is 0 Å². The summed E-state index contributed by atoms with van der Waals surface area (Å²) in [7, 11) is 0. The molecule has 1 fully saturated rings. The van der Waals surface area contributed by atoms with E-state index in [1.807, 2.05) is 0 Å². The van der Waals surface area contributed by atoms with Crippen molar-refractivity contribution in [3.05, 3.63) is 32.6 Å². The van der Waals surface area contributed by atoms with Crippen LogP contribution >= 0.6 is 0 Å². The number of ether oxygens (including phenoxy) is 1. The van der Waals surface area contributed by atoms with E-state index in [2.05, 4.69) is 10.3 Å². The molecule has 2 heterocycles. The number of carbonyl (C=O) groups is 1. The lowest BCUT2D eigenvalue weighted by atomic mass is 9.94. The summed E-state index contributed by atoms with van der Waals surface area (Å²) in [4.78, 5) is 37.7. The van der Waals surface area contributed by atoms with E-state index < -0.39 is 35.0 Å². The van der Waals surface area contributed by atoms with Gasteiger partial charge in [-0.05, 0) is 6.92 Å². The number of rotatable bonds is 3.